The smallest absolute Gasteiger partial charge is 0.313 e. The molecule has 0 aliphatic rings. The fraction of sp³-hybridized carbons (Fsp3) is 0.227. The molecular formula is C22H22ClN3O4S. The van der Waals surface area contributed by atoms with Crippen LogP contribution in [-0.4, -0.2) is 37.6 Å². The van der Waals surface area contributed by atoms with Gasteiger partial charge in [0.2, 0.25) is 0 Å². The molecule has 0 atom stereocenters. The normalized spacial score (nSPS) is 10.5. The SMILES string of the molecule is COc1ccc(-c2nc(C)c(CCNC(=O)C(=O)Nc3ccc(Cl)cc3)s2)cc1OC. The molecule has 0 unspecified atom stereocenters. The van der Waals surface area contributed by atoms with Gasteiger partial charge in [0.15, 0.2) is 11.5 Å². The van der Waals surface area contributed by atoms with E-state index in [2.05, 4.69) is 15.6 Å². The summed E-state index contributed by atoms with van der Waals surface area (Å²) in [6.45, 7) is 2.24. The highest BCUT2D eigenvalue weighted by Gasteiger charge is 2.15. The molecule has 2 amide bonds. The molecule has 9 heteroatoms. The minimum absolute atomic E-state index is 0.321. The van der Waals surface area contributed by atoms with E-state index in [-0.39, 0.29) is 0 Å². The van der Waals surface area contributed by atoms with Crippen LogP contribution >= 0.6 is 22.9 Å². The summed E-state index contributed by atoms with van der Waals surface area (Å²) in [5.74, 6) is -0.140. The van der Waals surface area contributed by atoms with Gasteiger partial charge >= 0.3 is 11.8 Å². The van der Waals surface area contributed by atoms with E-state index in [0.717, 1.165) is 21.1 Å². The first-order valence-electron chi connectivity index (χ1n) is 9.44. The Balaban J connectivity index is 1.57. The highest BCUT2D eigenvalue weighted by atomic mass is 35.5. The lowest BCUT2D eigenvalue weighted by Gasteiger charge is -2.08. The van der Waals surface area contributed by atoms with Crippen molar-refractivity contribution in [2.24, 2.45) is 0 Å². The van der Waals surface area contributed by atoms with Gasteiger partial charge < -0.3 is 20.1 Å². The van der Waals surface area contributed by atoms with Crippen molar-refractivity contribution in [2.45, 2.75) is 13.3 Å². The highest BCUT2D eigenvalue weighted by Crippen LogP contribution is 2.35. The van der Waals surface area contributed by atoms with E-state index < -0.39 is 11.8 Å². The largest absolute Gasteiger partial charge is 0.493 e. The molecule has 0 saturated heterocycles. The van der Waals surface area contributed by atoms with Gasteiger partial charge in [0.25, 0.3) is 0 Å². The maximum absolute atomic E-state index is 12.1. The van der Waals surface area contributed by atoms with Gasteiger partial charge in [-0.1, -0.05) is 11.6 Å². The number of amides is 2. The lowest BCUT2D eigenvalue weighted by Crippen LogP contribution is -2.36. The molecule has 1 aromatic heterocycles. The van der Waals surface area contributed by atoms with Crippen LogP contribution < -0.4 is 20.1 Å². The Hall–Kier alpha value is -3.10. The maximum Gasteiger partial charge on any atom is 0.313 e. The Labute approximate surface area is 189 Å². The van der Waals surface area contributed by atoms with Crippen LogP contribution in [-0.2, 0) is 16.0 Å². The number of nitrogens with zero attached hydrogens (tertiary/aromatic N) is 1. The number of aromatic nitrogens is 1. The minimum Gasteiger partial charge on any atom is -0.493 e. The number of hydrogen-bond acceptors (Lipinski definition) is 6. The van der Waals surface area contributed by atoms with Gasteiger partial charge in [-0.2, -0.15) is 0 Å². The van der Waals surface area contributed by atoms with E-state index in [1.54, 1.807) is 38.5 Å². The third-order valence-corrected chi connectivity index (χ3v) is 5.99. The van der Waals surface area contributed by atoms with Crippen molar-refractivity contribution in [3.05, 3.63) is 58.1 Å². The number of hydrogen-bond donors (Lipinski definition) is 2. The van der Waals surface area contributed by atoms with Gasteiger partial charge in [0, 0.05) is 34.1 Å². The third-order valence-electron chi connectivity index (χ3n) is 4.47. The highest BCUT2D eigenvalue weighted by molar-refractivity contribution is 7.15. The number of anilines is 1. The molecule has 1 heterocycles. The monoisotopic (exact) mass is 459 g/mol. The number of thiazole rings is 1. The molecular weight excluding hydrogens is 438 g/mol. The quantitative estimate of drug-likeness (QED) is 0.519. The molecule has 0 aliphatic heterocycles. The third kappa shape index (κ3) is 5.74. The van der Waals surface area contributed by atoms with Crippen LogP contribution in [0.15, 0.2) is 42.5 Å². The molecule has 0 fully saturated rings. The van der Waals surface area contributed by atoms with Crippen LogP contribution in [0.1, 0.15) is 10.6 Å². The summed E-state index contributed by atoms with van der Waals surface area (Å²) >= 11 is 7.35. The summed E-state index contributed by atoms with van der Waals surface area (Å²) in [7, 11) is 3.18. The van der Waals surface area contributed by atoms with Crippen molar-refractivity contribution in [3.63, 3.8) is 0 Å². The number of carbonyl (C=O) groups excluding carboxylic acids is 2. The fourth-order valence-corrected chi connectivity index (χ4v) is 4.03. The van der Waals surface area contributed by atoms with Crippen molar-refractivity contribution >= 4 is 40.4 Å². The van der Waals surface area contributed by atoms with Crippen molar-refractivity contribution in [1.29, 1.82) is 0 Å². The molecule has 0 radical (unpaired) electrons. The maximum atomic E-state index is 12.1. The molecule has 0 aliphatic carbocycles. The fourth-order valence-electron chi connectivity index (χ4n) is 2.84. The van der Waals surface area contributed by atoms with E-state index >= 15 is 0 Å². The van der Waals surface area contributed by atoms with Gasteiger partial charge in [-0.05, 0) is 49.4 Å². The van der Waals surface area contributed by atoms with Gasteiger partial charge in [-0.15, -0.1) is 11.3 Å². The summed E-state index contributed by atoms with van der Waals surface area (Å²) in [6, 6.07) is 12.2. The summed E-state index contributed by atoms with van der Waals surface area (Å²) in [5, 5.41) is 6.57. The number of halogens is 1. The van der Waals surface area contributed by atoms with Crippen LogP contribution in [0.4, 0.5) is 5.69 Å². The lowest BCUT2D eigenvalue weighted by molar-refractivity contribution is -0.136. The molecule has 2 N–H and O–H groups in total. The molecule has 0 bridgehead atoms. The topological polar surface area (TPSA) is 89.5 Å². The molecule has 2 aromatic carbocycles. The average molecular weight is 460 g/mol. The van der Waals surface area contributed by atoms with Gasteiger partial charge in [-0.25, -0.2) is 4.98 Å². The van der Waals surface area contributed by atoms with Crippen LogP contribution in [0.3, 0.4) is 0 Å². The lowest BCUT2D eigenvalue weighted by atomic mass is 10.2. The number of rotatable bonds is 7. The van der Waals surface area contributed by atoms with E-state index in [1.165, 1.54) is 11.3 Å². The second kappa shape index (κ2) is 10.3. The summed E-state index contributed by atoms with van der Waals surface area (Å²) in [4.78, 5) is 29.7. The zero-order valence-electron chi connectivity index (χ0n) is 17.3. The Morgan fingerprint density at radius 1 is 1.03 bits per heavy atom. The first kappa shape index (κ1) is 22.6. The molecule has 162 valence electrons. The summed E-state index contributed by atoms with van der Waals surface area (Å²) < 4.78 is 10.6. The van der Waals surface area contributed by atoms with E-state index in [9.17, 15) is 9.59 Å². The standard InChI is InChI=1S/C22H22ClN3O4S/c1-13-19(31-22(25-13)14-4-9-17(29-2)18(12-14)30-3)10-11-24-20(27)21(28)26-16-7-5-15(23)6-8-16/h4-9,12H,10-11H2,1-3H3,(H,24,27)(H,26,28). The predicted molar refractivity (Wildman–Crippen MR) is 122 cm³/mol. The van der Waals surface area contributed by atoms with Crippen LogP contribution in [0.25, 0.3) is 10.6 Å². The number of nitrogens with one attached hydrogen (secondary N) is 2. The van der Waals surface area contributed by atoms with Gasteiger partial charge in [0.1, 0.15) is 5.01 Å². The first-order valence-corrected chi connectivity index (χ1v) is 10.6. The Morgan fingerprint density at radius 2 is 1.74 bits per heavy atom. The van der Waals surface area contributed by atoms with Crippen LogP contribution in [0.2, 0.25) is 5.02 Å². The first-order chi connectivity index (χ1) is 14.9. The van der Waals surface area contributed by atoms with Crippen molar-refractivity contribution in [1.82, 2.24) is 10.3 Å². The zero-order chi connectivity index (χ0) is 22.4. The van der Waals surface area contributed by atoms with Crippen molar-refractivity contribution < 1.29 is 19.1 Å². The van der Waals surface area contributed by atoms with E-state index in [4.69, 9.17) is 21.1 Å². The Bertz CT molecular complexity index is 1080. The second-order valence-corrected chi connectivity index (χ2v) is 8.08. The Morgan fingerprint density at radius 3 is 2.42 bits per heavy atom. The number of aryl methyl sites for hydroxylation is 1. The molecule has 0 spiro atoms. The minimum atomic E-state index is -0.727. The second-order valence-electron chi connectivity index (χ2n) is 6.56. The predicted octanol–water partition coefficient (Wildman–Crippen LogP) is 4.09. The number of benzene rings is 2. The Kier molecular flexibility index (Phi) is 7.49. The van der Waals surface area contributed by atoms with Gasteiger partial charge in [-0.3, -0.25) is 9.59 Å². The summed E-state index contributed by atoms with van der Waals surface area (Å²) in [6.07, 6.45) is 0.566. The molecule has 7 nitrogen and oxygen atoms in total. The number of carbonyl (C=O) groups is 2. The number of ether oxygens (including phenoxy) is 2. The summed E-state index contributed by atoms with van der Waals surface area (Å²) in [5.41, 5.74) is 2.31. The zero-order valence-corrected chi connectivity index (χ0v) is 18.9. The van der Waals surface area contributed by atoms with Crippen LogP contribution in [0.5, 0.6) is 11.5 Å². The molecule has 3 aromatic rings. The molecule has 0 saturated carbocycles. The van der Waals surface area contributed by atoms with Crippen LogP contribution in [0, 0.1) is 6.92 Å². The van der Waals surface area contributed by atoms with Gasteiger partial charge in [0.05, 0.1) is 19.9 Å². The molecule has 3 rings (SSSR count). The average Bonchev–Trinajstić information content (AvgIpc) is 3.15. The van der Waals surface area contributed by atoms with E-state index in [0.29, 0.717) is 35.2 Å². The van der Waals surface area contributed by atoms with Crippen molar-refractivity contribution in [3.8, 4) is 22.1 Å². The van der Waals surface area contributed by atoms with Crippen molar-refractivity contribution in [2.75, 3.05) is 26.1 Å². The number of methoxy groups -OCH3 is 2. The van der Waals surface area contributed by atoms with E-state index in [1.807, 2.05) is 25.1 Å². The molecule has 31 heavy (non-hydrogen) atoms.